The predicted octanol–water partition coefficient (Wildman–Crippen LogP) is 5.16. The minimum atomic E-state index is -1.91. The quantitative estimate of drug-likeness (QED) is 0.511. The van der Waals surface area contributed by atoms with Gasteiger partial charge in [0.05, 0.1) is 0 Å². The van der Waals surface area contributed by atoms with Crippen molar-refractivity contribution in [2.24, 2.45) is 23.2 Å². The van der Waals surface area contributed by atoms with Crippen molar-refractivity contribution in [1.82, 2.24) is 0 Å². The zero-order valence-electron chi connectivity index (χ0n) is 17.3. The van der Waals surface area contributed by atoms with Crippen molar-refractivity contribution in [3.05, 3.63) is 11.6 Å². The van der Waals surface area contributed by atoms with E-state index in [1.807, 2.05) is 6.92 Å². The first-order valence-electron chi connectivity index (χ1n) is 9.67. The van der Waals surface area contributed by atoms with Crippen molar-refractivity contribution in [1.29, 1.82) is 0 Å². The lowest BCUT2D eigenvalue weighted by molar-refractivity contribution is -0.126. The molecule has 2 rings (SSSR count). The molecule has 2 aliphatic rings. The van der Waals surface area contributed by atoms with E-state index in [0.717, 1.165) is 18.3 Å². The Morgan fingerprint density at radius 2 is 1.96 bits per heavy atom. The molecule has 0 aromatic carbocycles. The normalized spacial score (nSPS) is 36.6. The van der Waals surface area contributed by atoms with Crippen LogP contribution in [0.1, 0.15) is 60.8 Å². The Morgan fingerprint density at radius 1 is 1.36 bits per heavy atom. The van der Waals surface area contributed by atoms with Crippen LogP contribution in [-0.4, -0.2) is 26.5 Å². The Kier molecular flexibility index (Phi) is 5.57. The van der Waals surface area contributed by atoms with Crippen molar-refractivity contribution in [3.63, 3.8) is 0 Å². The molecule has 0 aromatic heterocycles. The summed E-state index contributed by atoms with van der Waals surface area (Å²) in [5.74, 6) is 1.13. The van der Waals surface area contributed by atoms with Gasteiger partial charge in [-0.05, 0) is 54.3 Å². The van der Waals surface area contributed by atoms with Crippen LogP contribution in [0.25, 0.3) is 0 Å². The van der Waals surface area contributed by atoms with Gasteiger partial charge in [0.1, 0.15) is 6.29 Å². The van der Waals surface area contributed by atoms with Gasteiger partial charge in [-0.25, -0.2) is 0 Å². The fourth-order valence-corrected chi connectivity index (χ4v) is 6.10. The lowest BCUT2D eigenvalue weighted by atomic mass is 9.52. The lowest BCUT2D eigenvalue weighted by Gasteiger charge is -2.56. The second-order valence-electron chi connectivity index (χ2n) is 10.1. The highest BCUT2D eigenvalue weighted by atomic mass is 28.4. The summed E-state index contributed by atoms with van der Waals surface area (Å²) < 4.78 is 6.83. The number of Topliss-reactive ketones (excluding diaryl/α,β-unsaturated/α-hetero) is 1. The Morgan fingerprint density at radius 3 is 2.48 bits per heavy atom. The first kappa shape index (κ1) is 20.6. The molecule has 1 fully saturated rings. The minimum Gasteiger partial charge on any atom is -0.414 e. The smallest absolute Gasteiger partial charge is 0.192 e. The van der Waals surface area contributed by atoms with Crippen LogP contribution < -0.4 is 0 Å². The van der Waals surface area contributed by atoms with Crippen LogP contribution in [0.5, 0.6) is 0 Å². The van der Waals surface area contributed by atoms with Gasteiger partial charge in [-0.3, -0.25) is 4.79 Å². The fraction of sp³-hybridized carbons (Fsp3) is 0.810. The SMILES string of the molecule is CC1=C[C@@]2(C)[C@H](CC=O)[C@@H](C)C[C@H](O[Si](C)(C)C(C)(C)C)[C@@H]2CC1=O. The van der Waals surface area contributed by atoms with Crippen LogP contribution in [-0.2, 0) is 14.0 Å². The summed E-state index contributed by atoms with van der Waals surface area (Å²) in [6, 6.07) is 0. The van der Waals surface area contributed by atoms with Crippen molar-refractivity contribution in [2.75, 3.05) is 0 Å². The number of hydrogen-bond donors (Lipinski definition) is 0. The number of fused-ring (bicyclic) bond motifs is 1. The first-order valence-corrected chi connectivity index (χ1v) is 12.6. The number of carbonyl (C=O) groups excluding carboxylic acids is 2. The molecule has 0 saturated heterocycles. The Hall–Kier alpha value is -0.743. The summed E-state index contributed by atoms with van der Waals surface area (Å²) in [5.41, 5.74) is 0.721. The van der Waals surface area contributed by atoms with Crippen LogP contribution in [0.15, 0.2) is 11.6 Å². The molecule has 142 valence electrons. The largest absolute Gasteiger partial charge is 0.414 e. The predicted molar refractivity (Wildman–Crippen MR) is 105 cm³/mol. The number of ketones is 1. The second-order valence-corrected chi connectivity index (χ2v) is 14.8. The lowest BCUT2D eigenvalue weighted by Crippen LogP contribution is -2.56. The molecule has 25 heavy (non-hydrogen) atoms. The van der Waals surface area contributed by atoms with E-state index in [4.69, 9.17) is 4.43 Å². The summed E-state index contributed by atoms with van der Waals surface area (Å²) in [5, 5.41) is 0.150. The van der Waals surface area contributed by atoms with E-state index in [2.05, 4.69) is 53.8 Å². The van der Waals surface area contributed by atoms with E-state index in [0.29, 0.717) is 18.8 Å². The van der Waals surface area contributed by atoms with Crippen molar-refractivity contribution in [3.8, 4) is 0 Å². The highest BCUT2D eigenvalue weighted by molar-refractivity contribution is 6.74. The maximum absolute atomic E-state index is 12.5. The van der Waals surface area contributed by atoms with Gasteiger partial charge in [-0.2, -0.15) is 0 Å². The molecular formula is C21H36O3Si. The molecule has 0 aliphatic heterocycles. The molecule has 5 atom stereocenters. The molecule has 0 unspecified atom stereocenters. The summed E-state index contributed by atoms with van der Waals surface area (Å²) >= 11 is 0. The Bertz CT molecular complexity index is 572. The number of aldehydes is 1. The minimum absolute atomic E-state index is 0.108. The van der Waals surface area contributed by atoms with Gasteiger partial charge in [-0.1, -0.05) is 40.7 Å². The topological polar surface area (TPSA) is 43.4 Å². The first-order chi connectivity index (χ1) is 11.3. The molecule has 4 heteroatoms. The van der Waals surface area contributed by atoms with Gasteiger partial charge in [0.15, 0.2) is 14.1 Å². The van der Waals surface area contributed by atoms with Gasteiger partial charge < -0.3 is 9.22 Å². The van der Waals surface area contributed by atoms with Crippen LogP contribution in [0.3, 0.4) is 0 Å². The molecule has 3 nitrogen and oxygen atoms in total. The third-order valence-corrected chi connectivity index (χ3v) is 11.8. The Balaban J connectivity index is 2.42. The van der Waals surface area contributed by atoms with Crippen LogP contribution in [0.2, 0.25) is 18.1 Å². The van der Waals surface area contributed by atoms with E-state index in [-0.39, 0.29) is 34.2 Å². The van der Waals surface area contributed by atoms with Crippen LogP contribution >= 0.6 is 0 Å². The Labute approximate surface area is 154 Å². The van der Waals surface area contributed by atoms with Crippen molar-refractivity contribution in [2.45, 2.75) is 85.0 Å². The van der Waals surface area contributed by atoms with Gasteiger partial charge in [0.25, 0.3) is 0 Å². The zero-order chi connectivity index (χ0) is 19.2. The number of rotatable bonds is 4. The number of carbonyl (C=O) groups is 2. The number of allylic oxidation sites excluding steroid dienone is 2. The highest BCUT2D eigenvalue weighted by Gasteiger charge is 2.54. The summed E-state index contributed by atoms with van der Waals surface area (Å²) in [4.78, 5) is 23.8. The van der Waals surface area contributed by atoms with E-state index in [1.54, 1.807) is 0 Å². The molecule has 0 amide bonds. The van der Waals surface area contributed by atoms with Crippen LogP contribution in [0, 0.1) is 23.2 Å². The van der Waals surface area contributed by atoms with E-state index in [9.17, 15) is 9.59 Å². The fourth-order valence-electron chi connectivity index (χ4n) is 4.73. The summed E-state index contributed by atoms with van der Waals surface area (Å²) in [7, 11) is -1.91. The van der Waals surface area contributed by atoms with E-state index < -0.39 is 8.32 Å². The van der Waals surface area contributed by atoms with Gasteiger partial charge in [0.2, 0.25) is 0 Å². The molecule has 0 spiro atoms. The summed E-state index contributed by atoms with van der Waals surface area (Å²) in [6.07, 6.45) is 5.40. The van der Waals surface area contributed by atoms with Gasteiger partial charge >= 0.3 is 0 Å². The van der Waals surface area contributed by atoms with Gasteiger partial charge in [-0.15, -0.1) is 0 Å². The van der Waals surface area contributed by atoms with E-state index in [1.165, 1.54) is 0 Å². The summed E-state index contributed by atoms with van der Waals surface area (Å²) in [6.45, 7) is 17.8. The molecule has 0 aromatic rings. The standard InChI is InChI=1S/C21H36O3Si/c1-14-11-19(24-25(7,8)20(3,4)5)17-12-18(23)15(2)13-21(17,6)16(14)9-10-22/h10,13-14,16-17,19H,9,11-12H2,1-8H3/t14-,16+,17-,19-,21-/m0/s1. The van der Waals surface area contributed by atoms with Crippen molar-refractivity contribution < 1.29 is 14.0 Å². The van der Waals surface area contributed by atoms with Crippen LogP contribution in [0.4, 0.5) is 0 Å². The van der Waals surface area contributed by atoms with E-state index >= 15 is 0 Å². The maximum Gasteiger partial charge on any atom is 0.192 e. The molecule has 1 saturated carbocycles. The maximum atomic E-state index is 12.5. The average Bonchev–Trinajstić information content (AvgIpc) is 2.45. The number of hydrogen-bond acceptors (Lipinski definition) is 3. The average molecular weight is 365 g/mol. The molecule has 2 aliphatic carbocycles. The highest BCUT2D eigenvalue weighted by Crippen LogP contribution is 2.56. The molecule has 0 heterocycles. The monoisotopic (exact) mass is 364 g/mol. The third kappa shape index (κ3) is 3.71. The molecule has 0 N–H and O–H groups in total. The molecule has 0 radical (unpaired) electrons. The zero-order valence-corrected chi connectivity index (χ0v) is 18.3. The molecular weight excluding hydrogens is 328 g/mol. The van der Waals surface area contributed by atoms with Crippen molar-refractivity contribution >= 4 is 20.4 Å². The third-order valence-electron chi connectivity index (χ3n) is 7.31. The molecule has 0 bridgehead atoms. The van der Waals surface area contributed by atoms with Gasteiger partial charge in [0, 0.05) is 24.9 Å². The second kappa shape index (κ2) is 6.77.